The Hall–Kier alpha value is -0.130. The van der Waals surface area contributed by atoms with Gasteiger partial charge < -0.3 is 10.1 Å². The predicted molar refractivity (Wildman–Crippen MR) is 58.3 cm³/mol. The molecule has 0 fully saturated rings. The topological polar surface area (TPSA) is 55.4 Å². The minimum absolute atomic E-state index is 0.0248. The van der Waals surface area contributed by atoms with E-state index in [-0.39, 0.29) is 24.2 Å². The lowest BCUT2D eigenvalue weighted by atomic mass is 10.3. The molecule has 0 aliphatic heterocycles. The lowest BCUT2D eigenvalue weighted by Crippen LogP contribution is -2.34. The van der Waals surface area contributed by atoms with Crippen molar-refractivity contribution in [2.45, 2.75) is 26.3 Å². The van der Waals surface area contributed by atoms with E-state index in [1.807, 2.05) is 6.92 Å². The van der Waals surface area contributed by atoms with Crippen LogP contribution in [0.5, 0.6) is 0 Å². The third-order valence-corrected chi connectivity index (χ3v) is 3.64. The van der Waals surface area contributed by atoms with Gasteiger partial charge in [-0.3, -0.25) is 0 Å². The van der Waals surface area contributed by atoms with Crippen molar-refractivity contribution < 1.29 is 13.2 Å². The molecule has 0 aromatic heterocycles. The monoisotopic (exact) mass is 223 g/mol. The van der Waals surface area contributed by atoms with Crippen LogP contribution in [0.3, 0.4) is 0 Å². The standard InChI is InChI=1S/C9H21NO3S/c1-4-5-10-9(2)8-14(11,12)7-6-13-3/h9-10H,4-8H2,1-3H3. The highest BCUT2D eigenvalue weighted by Crippen LogP contribution is 1.95. The third-order valence-electron chi connectivity index (χ3n) is 1.85. The number of sulfone groups is 1. The van der Waals surface area contributed by atoms with Crippen molar-refractivity contribution in [1.29, 1.82) is 0 Å². The highest BCUT2D eigenvalue weighted by Gasteiger charge is 2.14. The van der Waals surface area contributed by atoms with Gasteiger partial charge in [0.05, 0.1) is 18.1 Å². The quantitative estimate of drug-likeness (QED) is 0.648. The van der Waals surface area contributed by atoms with Crippen LogP contribution < -0.4 is 5.32 Å². The van der Waals surface area contributed by atoms with Crippen LogP contribution >= 0.6 is 0 Å². The number of methoxy groups -OCH3 is 1. The van der Waals surface area contributed by atoms with Crippen LogP contribution in [0, 0.1) is 0 Å². The Labute approximate surface area is 86.9 Å². The van der Waals surface area contributed by atoms with Crippen LogP contribution in [-0.4, -0.2) is 46.2 Å². The summed E-state index contributed by atoms with van der Waals surface area (Å²) < 4.78 is 27.6. The van der Waals surface area contributed by atoms with E-state index in [4.69, 9.17) is 4.74 Å². The first-order valence-electron chi connectivity index (χ1n) is 4.94. The Bertz CT molecular complexity index is 226. The molecule has 14 heavy (non-hydrogen) atoms. The van der Waals surface area contributed by atoms with Gasteiger partial charge in [-0.1, -0.05) is 6.92 Å². The smallest absolute Gasteiger partial charge is 0.154 e. The van der Waals surface area contributed by atoms with Crippen molar-refractivity contribution in [3.63, 3.8) is 0 Å². The molecule has 0 radical (unpaired) electrons. The van der Waals surface area contributed by atoms with E-state index in [2.05, 4.69) is 12.2 Å². The average Bonchev–Trinajstić information content (AvgIpc) is 2.11. The molecule has 0 amide bonds. The fraction of sp³-hybridized carbons (Fsp3) is 1.00. The molecule has 0 spiro atoms. The van der Waals surface area contributed by atoms with E-state index in [0.717, 1.165) is 13.0 Å². The van der Waals surface area contributed by atoms with E-state index in [1.54, 1.807) is 0 Å². The molecule has 1 N–H and O–H groups in total. The van der Waals surface area contributed by atoms with Crippen molar-refractivity contribution in [3.05, 3.63) is 0 Å². The molecule has 0 rings (SSSR count). The Morgan fingerprint density at radius 2 is 2.07 bits per heavy atom. The zero-order valence-electron chi connectivity index (χ0n) is 9.25. The zero-order valence-corrected chi connectivity index (χ0v) is 10.1. The summed E-state index contributed by atoms with van der Waals surface area (Å²) in [7, 11) is -1.45. The number of hydrogen-bond donors (Lipinski definition) is 1. The first kappa shape index (κ1) is 13.9. The highest BCUT2D eigenvalue weighted by atomic mass is 32.2. The molecule has 86 valence electrons. The van der Waals surface area contributed by atoms with Crippen molar-refractivity contribution in [1.82, 2.24) is 5.32 Å². The maximum absolute atomic E-state index is 11.4. The molecule has 0 heterocycles. The van der Waals surface area contributed by atoms with E-state index >= 15 is 0 Å². The zero-order chi connectivity index (χ0) is 11.0. The molecule has 0 saturated carbocycles. The summed E-state index contributed by atoms with van der Waals surface area (Å²) in [5, 5.41) is 3.14. The second kappa shape index (κ2) is 7.20. The van der Waals surface area contributed by atoms with Gasteiger partial charge in [0.1, 0.15) is 0 Å². The minimum atomic E-state index is -2.96. The van der Waals surface area contributed by atoms with Crippen LogP contribution in [0.2, 0.25) is 0 Å². The van der Waals surface area contributed by atoms with Gasteiger partial charge in [0.2, 0.25) is 0 Å². The number of ether oxygens (including phenoxy) is 1. The summed E-state index contributed by atoms with van der Waals surface area (Å²) in [5.74, 6) is 0.304. The maximum atomic E-state index is 11.4. The van der Waals surface area contributed by atoms with Gasteiger partial charge in [0.25, 0.3) is 0 Å². The lowest BCUT2D eigenvalue weighted by Gasteiger charge is -2.13. The number of nitrogens with one attached hydrogen (secondary N) is 1. The van der Waals surface area contributed by atoms with Gasteiger partial charge in [-0.05, 0) is 19.9 Å². The first-order valence-corrected chi connectivity index (χ1v) is 6.76. The van der Waals surface area contributed by atoms with Gasteiger partial charge in [-0.15, -0.1) is 0 Å². The van der Waals surface area contributed by atoms with E-state index in [1.165, 1.54) is 7.11 Å². The summed E-state index contributed by atoms with van der Waals surface area (Å²) in [6, 6.07) is 0.0248. The second-order valence-electron chi connectivity index (χ2n) is 3.46. The minimum Gasteiger partial charge on any atom is -0.384 e. The molecule has 0 saturated heterocycles. The van der Waals surface area contributed by atoms with Crippen LogP contribution in [-0.2, 0) is 14.6 Å². The predicted octanol–water partition coefficient (Wildman–Crippen LogP) is 0.436. The fourth-order valence-corrected chi connectivity index (χ4v) is 2.59. The van der Waals surface area contributed by atoms with E-state index in [0.29, 0.717) is 0 Å². The van der Waals surface area contributed by atoms with Crippen molar-refractivity contribution in [3.8, 4) is 0 Å². The Morgan fingerprint density at radius 3 is 2.57 bits per heavy atom. The maximum Gasteiger partial charge on any atom is 0.154 e. The number of hydrogen-bond acceptors (Lipinski definition) is 4. The SMILES string of the molecule is CCCNC(C)CS(=O)(=O)CCOC. The van der Waals surface area contributed by atoms with Gasteiger partial charge in [0.15, 0.2) is 9.84 Å². The van der Waals surface area contributed by atoms with Crippen LogP contribution in [0.15, 0.2) is 0 Å². The van der Waals surface area contributed by atoms with Crippen LogP contribution in [0.25, 0.3) is 0 Å². The second-order valence-corrected chi connectivity index (χ2v) is 5.69. The third kappa shape index (κ3) is 7.29. The molecule has 5 heteroatoms. The average molecular weight is 223 g/mol. The lowest BCUT2D eigenvalue weighted by molar-refractivity contribution is 0.217. The molecule has 1 unspecified atom stereocenters. The van der Waals surface area contributed by atoms with Crippen LogP contribution in [0.4, 0.5) is 0 Å². The molecule has 0 aliphatic carbocycles. The summed E-state index contributed by atoms with van der Waals surface area (Å²) in [4.78, 5) is 0. The Kier molecular flexibility index (Phi) is 7.13. The Balaban J connectivity index is 3.83. The summed E-state index contributed by atoms with van der Waals surface area (Å²) in [6.45, 7) is 5.09. The Morgan fingerprint density at radius 1 is 1.43 bits per heavy atom. The molecule has 0 bridgehead atoms. The van der Waals surface area contributed by atoms with Crippen molar-refractivity contribution in [2.24, 2.45) is 0 Å². The van der Waals surface area contributed by atoms with Gasteiger partial charge in [-0.2, -0.15) is 0 Å². The molecular weight excluding hydrogens is 202 g/mol. The molecule has 1 atom stereocenters. The molecule has 0 aromatic rings. The molecule has 0 aromatic carbocycles. The molecular formula is C9H21NO3S. The van der Waals surface area contributed by atoms with Gasteiger partial charge >= 0.3 is 0 Å². The number of rotatable bonds is 8. The fourth-order valence-electron chi connectivity index (χ4n) is 1.12. The van der Waals surface area contributed by atoms with Crippen molar-refractivity contribution in [2.75, 3.05) is 31.8 Å². The van der Waals surface area contributed by atoms with E-state index in [9.17, 15) is 8.42 Å². The highest BCUT2D eigenvalue weighted by molar-refractivity contribution is 7.91. The van der Waals surface area contributed by atoms with Crippen molar-refractivity contribution >= 4 is 9.84 Å². The van der Waals surface area contributed by atoms with E-state index < -0.39 is 9.84 Å². The largest absolute Gasteiger partial charge is 0.384 e. The van der Waals surface area contributed by atoms with Crippen LogP contribution in [0.1, 0.15) is 20.3 Å². The van der Waals surface area contributed by atoms with Gasteiger partial charge in [-0.25, -0.2) is 8.42 Å². The normalized spacial score (nSPS) is 14.2. The summed E-state index contributed by atoms with van der Waals surface area (Å²) >= 11 is 0. The van der Waals surface area contributed by atoms with Gasteiger partial charge in [0, 0.05) is 13.2 Å². The summed E-state index contributed by atoms with van der Waals surface area (Å²) in [5.41, 5.74) is 0. The molecule has 0 aliphatic rings. The first-order chi connectivity index (χ1) is 6.52. The molecule has 4 nitrogen and oxygen atoms in total. The summed E-state index contributed by atoms with van der Waals surface area (Å²) in [6.07, 6.45) is 1.02.